The van der Waals surface area contributed by atoms with Crippen LogP contribution in [-0.2, 0) is 4.74 Å². The van der Waals surface area contributed by atoms with Gasteiger partial charge in [-0.15, -0.1) is 0 Å². The molecule has 2 unspecified atom stereocenters. The molecule has 0 spiro atoms. The van der Waals surface area contributed by atoms with Gasteiger partial charge in [0.2, 0.25) is 0 Å². The second-order valence-electron chi connectivity index (χ2n) is 5.26. The minimum absolute atomic E-state index is 0.0892. The van der Waals surface area contributed by atoms with Crippen LogP contribution in [0.4, 0.5) is 5.69 Å². The van der Waals surface area contributed by atoms with Crippen molar-refractivity contribution >= 4 is 11.6 Å². The van der Waals surface area contributed by atoms with Crippen molar-refractivity contribution in [2.75, 3.05) is 32.1 Å². The molecule has 0 radical (unpaired) electrons. The average Bonchev–Trinajstić information content (AvgIpc) is 2.41. The fourth-order valence-corrected chi connectivity index (χ4v) is 2.30. The Morgan fingerprint density at radius 1 is 1.37 bits per heavy atom. The van der Waals surface area contributed by atoms with Gasteiger partial charge in [-0.3, -0.25) is 4.79 Å². The van der Waals surface area contributed by atoms with Gasteiger partial charge in [0.25, 0.3) is 5.91 Å². The Morgan fingerprint density at radius 3 is 2.79 bits per heavy atom. The standard InChI is InChI=1S/C15H22N2O2/c1-11-12(2)19-9-8-17(11)15(18)13-6-5-7-14(10-13)16(3)4/h5-7,10-12H,8-9H2,1-4H3. The molecular weight excluding hydrogens is 240 g/mol. The van der Waals surface area contributed by atoms with Crippen LogP contribution in [0.2, 0.25) is 0 Å². The second-order valence-corrected chi connectivity index (χ2v) is 5.26. The normalized spacial score (nSPS) is 23.3. The highest BCUT2D eigenvalue weighted by Gasteiger charge is 2.29. The molecular formula is C15H22N2O2. The van der Waals surface area contributed by atoms with Gasteiger partial charge in [-0.2, -0.15) is 0 Å². The van der Waals surface area contributed by atoms with Crippen LogP contribution in [0.15, 0.2) is 24.3 Å². The molecule has 1 aliphatic heterocycles. The first kappa shape index (κ1) is 13.9. The van der Waals surface area contributed by atoms with E-state index in [9.17, 15) is 4.79 Å². The number of nitrogens with zero attached hydrogens (tertiary/aromatic N) is 2. The number of benzene rings is 1. The van der Waals surface area contributed by atoms with Crippen molar-refractivity contribution in [1.29, 1.82) is 0 Å². The summed E-state index contributed by atoms with van der Waals surface area (Å²) in [5.41, 5.74) is 1.78. The van der Waals surface area contributed by atoms with E-state index in [1.165, 1.54) is 0 Å². The van der Waals surface area contributed by atoms with Crippen molar-refractivity contribution in [3.63, 3.8) is 0 Å². The van der Waals surface area contributed by atoms with Gasteiger partial charge in [0.1, 0.15) is 0 Å². The summed E-state index contributed by atoms with van der Waals surface area (Å²) < 4.78 is 5.57. The third kappa shape index (κ3) is 2.89. The number of hydrogen-bond donors (Lipinski definition) is 0. The number of morpholine rings is 1. The molecule has 1 saturated heterocycles. The van der Waals surface area contributed by atoms with Gasteiger partial charge in [0, 0.05) is 31.9 Å². The fourth-order valence-electron chi connectivity index (χ4n) is 2.30. The number of rotatable bonds is 2. The van der Waals surface area contributed by atoms with Crippen LogP contribution in [0.5, 0.6) is 0 Å². The Labute approximate surface area is 115 Å². The van der Waals surface area contributed by atoms with Crippen LogP contribution >= 0.6 is 0 Å². The summed E-state index contributed by atoms with van der Waals surface area (Å²) in [6.07, 6.45) is 0.0923. The van der Waals surface area contributed by atoms with E-state index < -0.39 is 0 Å². The molecule has 2 atom stereocenters. The Hall–Kier alpha value is -1.55. The fraction of sp³-hybridized carbons (Fsp3) is 0.533. The molecule has 0 saturated carbocycles. The highest BCUT2D eigenvalue weighted by Crippen LogP contribution is 2.19. The molecule has 2 rings (SSSR count). The summed E-state index contributed by atoms with van der Waals surface area (Å²) in [6, 6.07) is 7.86. The molecule has 1 fully saturated rings. The van der Waals surface area contributed by atoms with Crippen molar-refractivity contribution < 1.29 is 9.53 Å². The van der Waals surface area contributed by atoms with E-state index in [0.717, 1.165) is 11.3 Å². The summed E-state index contributed by atoms with van der Waals surface area (Å²) in [7, 11) is 3.95. The molecule has 0 bridgehead atoms. The van der Waals surface area contributed by atoms with Crippen LogP contribution in [0.3, 0.4) is 0 Å². The third-order valence-corrected chi connectivity index (χ3v) is 3.75. The van der Waals surface area contributed by atoms with Gasteiger partial charge >= 0.3 is 0 Å². The van der Waals surface area contributed by atoms with Crippen molar-refractivity contribution in [3.05, 3.63) is 29.8 Å². The lowest BCUT2D eigenvalue weighted by Crippen LogP contribution is -2.51. The molecule has 0 N–H and O–H groups in total. The van der Waals surface area contributed by atoms with Crippen LogP contribution in [-0.4, -0.2) is 50.2 Å². The zero-order valence-corrected chi connectivity index (χ0v) is 12.1. The third-order valence-electron chi connectivity index (χ3n) is 3.75. The van der Waals surface area contributed by atoms with E-state index in [0.29, 0.717) is 13.2 Å². The smallest absolute Gasteiger partial charge is 0.254 e. The maximum Gasteiger partial charge on any atom is 0.254 e. The van der Waals surface area contributed by atoms with Crippen molar-refractivity contribution in [1.82, 2.24) is 4.90 Å². The summed E-state index contributed by atoms with van der Waals surface area (Å²) >= 11 is 0. The summed E-state index contributed by atoms with van der Waals surface area (Å²) in [5.74, 6) is 0.0892. The predicted molar refractivity (Wildman–Crippen MR) is 76.7 cm³/mol. The van der Waals surface area contributed by atoms with E-state index in [1.807, 2.05) is 62.0 Å². The summed E-state index contributed by atoms with van der Waals surface area (Å²) in [4.78, 5) is 16.5. The maximum absolute atomic E-state index is 12.6. The zero-order chi connectivity index (χ0) is 14.0. The number of ether oxygens (including phenoxy) is 1. The van der Waals surface area contributed by atoms with E-state index in [4.69, 9.17) is 4.74 Å². The van der Waals surface area contributed by atoms with Crippen molar-refractivity contribution in [2.45, 2.75) is 26.0 Å². The lowest BCUT2D eigenvalue weighted by atomic mass is 10.1. The average molecular weight is 262 g/mol. The summed E-state index contributed by atoms with van der Waals surface area (Å²) in [6.45, 7) is 5.33. The Balaban J connectivity index is 2.21. The Bertz CT molecular complexity index is 459. The van der Waals surface area contributed by atoms with Crippen LogP contribution in [0.25, 0.3) is 0 Å². The highest BCUT2D eigenvalue weighted by atomic mass is 16.5. The number of hydrogen-bond acceptors (Lipinski definition) is 3. The lowest BCUT2D eigenvalue weighted by Gasteiger charge is -2.38. The molecule has 0 aromatic heterocycles. The number of carbonyl (C=O) groups is 1. The lowest BCUT2D eigenvalue weighted by molar-refractivity contribution is -0.0440. The van der Waals surface area contributed by atoms with E-state index in [-0.39, 0.29) is 18.1 Å². The summed E-state index contributed by atoms with van der Waals surface area (Å²) in [5, 5.41) is 0. The minimum atomic E-state index is 0.0892. The van der Waals surface area contributed by atoms with Crippen molar-refractivity contribution in [3.8, 4) is 0 Å². The van der Waals surface area contributed by atoms with Crippen molar-refractivity contribution in [2.24, 2.45) is 0 Å². The first-order chi connectivity index (χ1) is 9.00. The zero-order valence-electron chi connectivity index (χ0n) is 12.1. The van der Waals surface area contributed by atoms with E-state index in [1.54, 1.807) is 0 Å². The predicted octanol–water partition coefficient (Wildman–Crippen LogP) is 2.00. The van der Waals surface area contributed by atoms with Gasteiger partial charge in [-0.05, 0) is 32.0 Å². The number of amides is 1. The maximum atomic E-state index is 12.6. The Morgan fingerprint density at radius 2 is 2.11 bits per heavy atom. The molecule has 1 amide bonds. The first-order valence-electron chi connectivity index (χ1n) is 6.70. The molecule has 0 aliphatic carbocycles. The number of carbonyl (C=O) groups excluding carboxylic acids is 1. The van der Waals surface area contributed by atoms with Gasteiger partial charge < -0.3 is 14.5 Å². The molecule has 1 heterocycles. The monoisotopic (exact) mass is 262 g/mol. The highest BCUT2D eigenvalue weighted by molar-refractivity contribution is 5.95. The van der Waals surface area contributed by atoms with Crippen LogP contribution < -0.4 is 4.90 Å². The molecule has 4 nitrogen and oxygen atoms in total. The molecule has 4 heteroatoms. The Kier molecular flexibility index (Phi) is 4.10. The van der Waals surface area contributed by atoms with Crippen LogP contribution in [0, 0.1) is 0 Å². The van der Waals surface area contributed by atoms with Gasteiger partial charge in [0.15, 0.2) is 0 Å². The second kappa shape index (κ2) is 5.61. The molecule has 19 heavy (non-hydrogen) atoms. The molecule has 1 aromatic carbocycles. The topological polar surface area (TPSA) is 32.8 Å². The van der Waals surface area contributed by atoms with E-state index >= 15 is 0 Å². The van der Waals surface area contributed by atoms with E-state index in [2.05, 4.69) is 0 Å². The SMILES string of the molecule is CC1OCCN(C(=O)c2cccc(N(C)C)c2)C1C. The molecule has 1 aliphatic rings. The largest absolute Gasteiger partial charge is 0.378 e. The van der Waals surface area contributed by atoms with Gasteiger partial charge in [0.05, 0.1) is 18.8 Å². The van der Waals surface area contributed by atoms with Crippen LogP contribution in [0.1, 0.15) is 24.2 Å². The first-order valence-corrected chi connectivity index (χ1v) is 6.70. The van der Waals surface area contributed by atoms with Gasteiger partial charge in [-0.1, -0.05) is 6.07 Å². The minimum Gasteiger partial charge on any atom is -0.378 e. The molecule has 1 aromatic rings. The van der Waals surface area contributed by atoms with Gasteiger partial charge in [-0.25, -0.2) is 0 Å². The molecule has 104 valence electrons. The quantitative estimate of drug-likeness (QED) is 0.817. The number of anilines is 1.